The number of carbonyl (C=O) groups excluding carboxylic acids is 2. The van der Waals surface area contributed by atoms with Crippen molar-refractivity contribution in [1.29, 1.82) is 0 Å². The molecule has 2 amide bonds. The second-order valence-electron chi connectivity index (χ2n) is 8.07. The van der Waals surface area contributed by atoms with Crippen LogP contribution in [0.1, 0.15) is 31.2 Å². The molecule has 7 nitrogen and oxygen atoms in total. The summed E-state index contributed by atoms with van der Waals surface area (Å²) in [6.07, 6.45) is 3.90. The van der Waals surface area contributed by atoms with E-state index < -0.39 is 0 Å². The van der Waals surface area contributed by atoms with E-state index in [1.165, 1.54) is 11.8 Å². The van der Waals surface area contributed by atoms with E-state index in [0.717, 1.165) is 50.2 Å². The highest BCUT2D eigenvalue weighted by molar-refractivity contribution is 7.99. The summed E-state index contributed by atoms with van der Waals surface area (Å²) >= 11 is 7.34. The fraction of sp³-hybridized carbons (Fsp3) is 0.455. The molecule has 9 heteroatoms. The van der Waals surface area contributed by atoms with Gasteiger partial charge in [0.05, 0.1) is 5.75 Å². The first kappa shape index (κ1) is 21.9. The maximum Gasteiger partial charge on any atom is 0.234 e. The maximum atomic E-state index is 12.3. The van der Waals surface area contributed by atoms with Crippen molar-refractivity contribution in [2.75, 3.05) is 29.1 Å². The van der Waals surface area contributed by atoms with E-state index in [4.69, 9.17) is 11.6 Å². The Balaban J connectivity index is 1.23. The Hall–Kier alpha value is -2.32. The zero-order valence-electron chi connectivity index (χ0n) is 17.4. The third-order valence-electron chi connectivity index (χ3n) is 5.56. The number of amides is 2. The minimum absolute atomic E-state index is 0.0984. The fourth-order valence-electron chi connectivity index (χ4n) is 3.53. The van der Waals surface area contributed by atoms with Gasteiger partial charge in [-0.1, -0.05) is 29.4 Å². The normalized spacial score (nSPS) is 16.8. The van der Waals surface area contributed by atoms with Gasteiger partial charge >= 0.3 is 0 Å². The van der Waals surface area contributed by atoms with Crippen molar-refractivity contribution in [1.82, 2.24) is 15.5 Å². The minimum Gasteiger partial charge on any atom is -0.355 e. The Morgan fingerprint density at radius 3 is 2.58 bits per heavy atom. The molecule has 2 heterocycles. The molecule has 1 aromatic heterocycles. The molecule has 1 aliphatic carbocycles. The molecule has 0 spiro atoms. The Bertz CT molecular complexity index is 943. The Kier molecular flexibility index (Phi) is 6.97. The average Bonchev–Trinajstić information content (AvgIpc) is 3.59. The first-order chi connectivity index (χ1) is 15.0. The summed E-state index contributed by atoms with van der Waals surface area (Å²) < 4.78 is 0. The number of aryl methyl sites for hydroxylation is 1. The first-order valence-corrected chi connectivity index (χ1v) is 11.9. The number of halogens is 1. The van der Waals surface area contributed by atoms with Crippen LogP contribution in [0.4, 0.5) is 11.5 Å². The number of anilines is 2. The van der Waals surface area contributed by atoms with Crippen LogP contribution in [0.15, 0.2) is 35.4 Å². The van der Waals surface area contributed by atoms with Crippen LogP contribution in [-0.2, 0) is 9.59 Å². The van der Waals surface area contributed by atoms with E-state index in [1.54, 1.807) is 12.1 Å². The van der Waals surface area contributed by atoms with Crippen LogP contribution in [0.5, 0.6) is 0 Å². The summed E-state index contributed by atoms with van der Waals surface area (Å²) in [4.78, 5) is 26.6. The summed E-state index contributed by atoms with van der Waals surface area (Å²) in [6, 6.07) is 9.64. The van der Waals surface area contributed by atoms with Crippen LogP contribution in [-0.4, -0.2) is 46.9 Å². The number of hydrogen-bond acceptors (Lipinski definition) is 6. The molecular weight excluding hydrogens is 434 g/mol. The maximum absolute atomic E-state index is 12.3. The van der Waals surface area contributed by atoms with Gasteiger partial charge in [0.1, 0.15) is 5.03 Å². The van der Waals surface area contributed by atoms with Crippen LogP contribution in [0.3, 0.4) is 0 Å². The number of thioether (sulfide) groups is 1. The van der Waals surface area contributed by atoms with E-state index >= 15 is 0 Å². The van der Waals surface area contributed by atoms with Crippen LogP contribution in [0.25, 0.3) is 0 Å². The first-order valence-electron chi connectivity index (χ1n) is 10.6. The number of hydrogen-bond donors (Lipinski definition) is 2. The predicted molar refractivity (Wildman–Crippen MR) is 124 cm³/mol. The number of carbonyl (C=O) groups is 2. The summed E-state index contributed by atoms with van der Waals surface area (Å²) in [6.45, 7) is 3.52. The molecule has 0 unspecified atom stereocenters. The Morgan fingerprint density at radius 1 is 1.13 bits per heavy atom. The minimum atomic E-state index is -0.118. The summed E-state index contributed by atoms with van der Waals surface area (Å²) in [7, 11) is 0. The van der Waals surface area contributed by atoms with Gasteiger partial charge in [0.15, 0.2) is 5.82 Å². The van der Waals surface area contributed by atoms with Crippen molar-refractivity contribution in [2.24, 2.45) is 5.92 Å². The number of rotatable bonds is 7. The number of nitrogens with zero attached hydrogens (tertiary/aromatic N) is 3. The second-order valence-corrected chi connectivity index (χ2v) is 9.50. The zero-order chi connectivity index (χ0) is 21.8. The highest BCUT2D eigenvalue weighted by atomic mass is 35.5. The van der Waals surface area contributed by atoms with Crippen molar-refractivity contribution in [2.45, 2.75) is 43.7 Å². The number of nitrogens with one attached hydrogen (secondary N) is 2. The third kappa shape index (κ3) is 6.11. The van der Waals surface area contributed by atoms with Crippen LogP contribution >= 0.6 is 23.4 Å². The molecule has 0 bridgehead atoms. The van der Waals surface area contributed by atoms with Gasteiger partial charge < -0.3 is 15.5 Å². The average molecular weight is 460 g/mol. The summed E-state index contributed by atoms with van der Waals surface area (Å²) in [5.74, 6) is 1.23. The molecule has 0 radical (unpaired) electrons. The molecule has 164 valence electrons. The number of aromatic nitrogens is 2. The van der Waals surface area contributed by atoms with Gasteiger partial charge in [-0.15, -0.1) is 10.2 Å². The SMILES string of the molecule is Cc1ccc(Cl)cc1NC(=O)CSc1ccc(N2CCC(C(=O)NC3CC3)CC2)nn1. The molecule has 1 aliphatic heterocycles. The number of piperidine rings is 1. The highest BCUT2D eigenvalue weighted by Crippen LogP contribution is 2.26. The van der Waals surface area contributed by atoms with Gasteiger partial charge in [-0.25, -0.2) is 0 Å². The summed E-state index contributed by atoms with van der Waals surface area (Å²) in [5.41, 5.74) is 1.68. The molecule has 1 saturated carbocycles. The van der Waals surface area contributed by atoms with Gasteiger partial charge in [0.25, 0.3) is 0 Å². The molecule has 0 atom stereocenters. The quantitative estimate of drug-likeness (QED) is 0.614. The van der Waals surface area contributed by atoms with Crippen molar-refractivity contribution in [3.63, 3.8) is 0 Å². The van der Waals surface area contributed by atoms with Crippen LogP contribution in [0.2, 0.25) is 5.02 Å². The summed E-state index contributed by atoms with van der Waals surface area (Å²) in [5, 5.41) is 15.8. The molecule has 2 N–H and O–H groups in total. The van der Waals surface area contributed by atoms with Gasteiger partial charge in [0, 0.05) is 35.8 Å². The molecule has 1 saturated heterocycles. The monoisotopic (exact) mass is 459 g/mol. The zero-order valence-corrected chi connectivity index (χ0v) is 19.0. The van der Waals surface area contributed by atoms with Gasteiger partial charge in [-0.05, 0) is 62.4 Å². The van der Waals surface area contributed by atoms with Crippen LogP contribution in [0, 0.1) is 12.8 Å². The second kappa shape index (κ2) is 9.87. The molecular formula is C22H26ClN5O2S. The van der Waals surface area contributed by atoms with Gasteiger partial charge in [-0.2, -0.15) is 0 Å². The van der Waals surface area contributed by atoms with E-state index in [0.29, 0.717) is 21.8 Å². The van der Waals surface area contributed by atoms with E-state index in [1.807, 2.05) is 25.1 Å². The van der Waals surface area contributed by atoms with E-state index in [-0.39, 0.29) is 23.5 Å². The molecule has 2 aliphatic rings. The van der Waals surface area contributed by atoms with Crippen LogP contribution < -0.4 is 15.5 Å². The molecule has 2 aromatic rings. The van der Waals surface area contributed by atoms with Gasteiger partial charge in [0.2, 0.25) is 11.8 Å². The lowest BCUT2D eigenvalue weighted by Gasteiger charge is -2.31. The van der Waals surface area contributed by atoms with Crippen molar-refractivity contribution in [3.8, 4) is 0 Å². The topological polar surface area (TPSA) is 87.2 Å². The van der Waals surface area contributed by atoms with E-state index in [9.17, 15) is 9.59 Å². The third-order valence-corrected chi connectivity index (χ3v) is 6.72. The Labute approximate surface area is 191 Å². The van der Waals surface area contributed by atoms with Crippen molar-refractivity contribution < 1.29 is 9.59 Å². The standard InChI is InChI=1S/C22H26ClN5O2S/c1-14-2-3-16(23)12-18(14)25-20(29)13-31-21-7-6-19(26-27-21)28-10-8-15(9-11-28)22(30)24-17-4-5-17/h2-3,6-7,12,15,17H,4-5,8-11,13H2,1H3,(H,24,30)(H,25,29). The molecule has 4 rings (SSSR count). The van der Waals surface area contributed by atoms with Crippen molar-refractivity contribution in [3.05, 3.63) is 40.9 Å². The van der Waals surface area contributed by atoms with Gasteiger partial charge in [-0.3, -0.25) is 9.59 Å². The molecule has 1 aromatic carbocycles. The lowest BCUT2D eigenvalue weighted by atomic mass is 9.96. The predicted octanol–water partition coefficient (Wildman–Crippen LogP) is 3.66. The smallest absolute Gasteiger partial charge is 0.234 e. The lowest BCUT2D eigenvalue weighted by molar-refractivity contribution is -0.125. The van der Waals surface area contributed by atoms with Crippen molar-refractivity contribution >= 4 is 46.7 Å². The Morgan fingerprint density at radius 2 is 1.90 bits per heavy atom. The molecule has 31 heavy (non-hydrogen) atoms. The lowest BCUT2D eigenvalue weighted by Crippen LogP contribution is -2.41. The number of benzene rings is 1. The fourth-order valence-corrected chi connectivity index (χ4v) is 4.32. The van der Waals surface area contributed by atoms with E-state index in [2.05, 4.69) is 25.7 Å². The highest BCUT2D eigenvalue weighted by Gasteiger charge is 2.30. The largest absolute Gasteiger partial charge is 0.355 e. The molecule has 2 fully saturated rings.